The van der Waals surface area contributed by atoms with E-state index in [0.717, 1.165) is 12.8 Å². The molecule has 0 aliphatic carbocycles. The smallest absolute Gasteiger partial charge is 0.349 e. The largest absolute Gasteiger partial charge is 0.492 e. The molecule has 1 heterocycles. The molecule has 0 aromatic heterocycles. The molecule has 2 rings (SSSR count). The van der Waals surface area contributed by atoms with E-state index >= 15 is 0 Å². The quantitative estimate of drug-likeness (QED) is 0.609. The summed E-state index contributed by atoms with van der Waals surface area (Å²) in [6.07, 6.45) is 1.75. The third-order valence-corrected chi connectivity index (χ3v) is 3.53. The Labute approximate surface area is 125 Å². The van der Waals surface area contributed by atoms with Crippen molar-refractivity contribution in [1.82, 2.24) is 0 Å². The number of esters is 1. The van der Waals surface area contributed by atoms with Gasteiger partial charge in [0, 0.05) is 19.9 Å². The Hall–Kier alpha value is -1.30. The predicted octanol–water partition coefficient (Wildman–Crippen LogP) is 4.05. The second-order valence-electron chi connectivity index (χ2n) is 4.97. The Morgan fingerprint density at radius 3 is 2.75 bits per heavy atom. The number of hydrogen-bond donors (Lipinski definition) is 0. The summed E-state index contributed by atoms with van der Waals surface area (Å²) in [6.45, 7) is 5.59. The molecule has 0 N–H and O–H groups in total. The Bertz CT molecular complexity index is 542. The van der Waals surface area contributed by atoms with Crippen LogP contribution in [0.1, 0.15) is 44.0 Å². The van der Waals surface area contributed by atoms with Gasteiger partial charge in [-0.1, -0.05) is 13.3 Å². The second kappa shape index (κ2) is 5.60. The molecule has 0 spiro atoms. The number of carbonyl (C=O) groups excluding carboxylic acids is 1. The van der Waals surface area contributed by atoms with Gasteiger partial charge in [0.2, 0.25) is 5.79 Å². The highest BCUT2D eigenvalue weighted by atomic mass is 79.9. The molecule has 0 saturated carbocycles. The van der Waals surface area contributed by atoms with Crippen molar-refractivity contribution in [2.24, 2.45) is 0 Å². The lowest BCUT2D eigenvalue weighted by molar-refractivity contribution is -0.128. The first-order valence-corrected chi connectivity index (χ1v) is 7.22. The molecule has 1 aromatic rings. The van der Waals surface area contributed by atoms with Gasteiger partial charge in [0.15, 0.2) is 5.75 Å². The molecule has 4 nitrogen and oxygen atoms in total. The summed E-state index contributed by atoms with van der Waals surface area (Å²) in [6, 6.07) is 1.17. The SMILES string of the molecule is CCCCOc1cc(F)c(Br)c2c1C(=O)OC(C)(C)O2. The van der Waals surface area contributed by atoms with Crippen LogP contribution in [-0.4, -0.2) is 18.4 Å². The zero-order chi connectivity index (χ0) is 14.9. The molecule has 110 valence electrons. The van der Waals surface area contributed by atoms with E-state index < -0.39 is 17.6 Å². The van der Waals surface area contributed by atoms with Crippen LogP contribution in [-0.2, 0) is 4.74 Å². The average Bonchev–Trinajstić information content (AvgIpc) is 2.34. The fourth-order valence-corrected chi connectivity index (χ4v) is 2.24. The van der Waals surface area contributed by atoms with Gasteiger partial charge in [-0.3, -0.25) is 0 Å². The molecule has 0 atom stereocenters. The van der Waals surface area contributed by atoms with Gasteiger partial charge in [0.05, 0.1) is 11.1 Å². The molecule has 1 aliphatic heterocycles. The van der Waals surface area contributed by atoms with Crippen molar-refractivity contribution in [2.45, 2.75) is 39.4 Å². The van der Waals surface area contributed by atoms with Crippen LogP contribution in [0, 0.1) is 5.82 Å². The maximum atomic E-state index is 13.9. The Morgan fingerprint density at radius 1 is 1.40 bits per heavy atom. The third kappa shape index (κ3) is 2.90. The highest BCUT2D eigenvalue weighted by Crippen LogP contribution is 2.43. The normalized spacial score (nSPS) is 16.1. The van der Waals surface area contributed by atoms with E-state index in [-0.39, 0.29) is 21.5 Å². The van der Waals surface area contributed by atoms with Crippen LogP contribution >= 0.6 is 15.9 Å². The number of rotatable bonds is 4. The minimum absolute atomic E-state index is 0.0973. The first kappa shape index (κ1) is 15.1. The van der Waals surface area contributed by atoms with E-state index in [2.05, 4.69) is 15.9 Å². The van der Waals surface area contributed by atoms with E-state index in [1.54, 1.807) is 13.8 Å². The number of unbranched alkanes of at least 4 members (excludes halogenated alkanes) is 1. The van der Waals surface area contributed by atoms with Gasteiger partial charge in [-0.05, 0) is 22.4 Å². The van der Waals surface area contributed by atoms with Gasteiger partial charge in [0.1, 0.15) is 17.1 Å². The number of cyclic esters (lactones) is 1. The second-order valence-corrected chi connectivity index (χ2v) is 5.76. The summed E-state index contributed by atoms with van der Waals surface area (Å²) in [5, 5.41) is 0. The van der Waals surface area contributed by atoms with Crippen LogP contribution in [0.25, 0.3) is 0 Å². The summed E-state index contributed by atoms with van der Waals surface area (Å²) >= 11 is 3.10. The van der Waals surface area contributed by atoms with Crippen molar-refractivity contribution in [2.75, 3.05) is 6.61 Å². The molecule has 0 bridgehead atoms. The van der Waals surface area contributed by atoms with Crippen molar-refractivity contribution in [1.29, 1.82) is 0 Å². The molecule has 0 radical (unpaired) electrons. The van der Waals surface area contributed by atoms with Gasteiger partial charge in [-0.15, -0.1) is 0 Å². The molecule has 1 aliphatic rings. The van der Waals surface area contributed by atoms with Crippen LogP contribution in [0.3, 0.4) is 0 Å². The average molecular weight is 347 g/mol. The number of benzene rings is 1. The molecule has 6 heteroatoms. The summed E-state index contributed by atoms with van der Waals surface area (Å²) in [5.74, 6) is -1.99. The molecule has 1 aromatic carbocycles. The Kier molecular flexibility index (Phi) is 4.22. The predicted molar refractivity (Wildman–Crippen MR) is 74.6 cm³/mol. The van der Waals surface area contributed by atoms with Crippen LogP contribution in [0.5, 0.6) is 11.5 Å². The van der Waals surface area contributed by atoms with Crippen molar-refractivity contribution < 1.29 is 23.4 Å². The number of hydrogen-bond acceptors (Lipinski definition) is 4. The molecular weight excluding hydrogens is 331 g/mol. The van der Waals surface area contributed by atoms with Gasteiger partial charge in [0.25, 0.3) is 0 Å². The lowest BCUT2D eigenvalue weighted by atomic mass is 10.1. The summed E-state index contributed by atoms with van der Waals surface area (Å²) in [4.78, 5) is 12.1. The maximum absolute atomic E-state index is 13.9. The van der Waals surface area contributed by atoms with Crippen molar-refractivity contribution in [3.63, 3.8) is 0 Å². The minimum Gasteiger partial charge on any atom is -0.492 e. The van der Waals surface area contributed by atoms with Crippen LogP contribution in [0.4, 0.5) is 4.39 Å². The van der Waals surface area contributed by atoms with Crippen molar-refractivity contribution >= 4 is 21.9 Å². The molecule has 0 fully saturated rings. The van der Waals surface area contributed by atoms with Crippen LogP contribution in [0.15, 0.2) is 10.5 Å². The Balaban J connectivity index is 2.46. The number of carbonyl (C=O) groups is 1. The molecule has 0 amide bonds. The van der Waals surface area contributed by atoms with Crippen LogP contribution in [0.2, 0.25) is 0 Å². The first-order chi connectivity index (χ1) is 9.35. The zero-order valence-corrected chi connectivity index (χ0v) is 13.2. The van der Waals surface area contributed by atoms with E-state index in [1.165, 1.54) is 6.07 Å². The highest BCUT2D eigenvalue weighted by molar-refractivity contribution is 9.10. The fraction of sp³-hybridized carbons (Fsp3) is 0.500. The first-order valence-electron chi connectivity index (χ1n) is 6.43. The van der Waals surface area contributed by atoms with Gasteiger partial charge >= 0.3 is 5.97 Å². The van der Waals surface area contributed by atoms with Crippen molar-refractivity contribution in [3.8, 4) is 11.5 Å². The lowest BCUT2D eigenvalue weighted by Crippen LogP contribution is -2.39. The lowest BCUT2D eigenvalue weighted by Gasteiger charge is -2.33. The van der Waals surface area contributed by atoms with E-state index in [4.69, 9.17) is 14.2 Å². The van der Waals surface area contributed by atoms with E-state index in [9.17, 15) is 9.18 Å². The third-order valence-electron chi connectivity index (χ3n) is 2.79. The topological polar surface area (TPSA) is 44.8 Å². The number of fused-ring (bicyclic) bond motifs is 1. The van der Waals surface area contributed by atoms with Crippen molar-refractivity contribution in [3.05, 3.63) is 21.9 Å². The summed E-state index contributed by atoms with van der Waals surface area (Å²) < 4.78 is 30.2. The van der Waals surface area contributed by atoms with Crippen LogP contribution < -0.4 is 9.47 Å². The Morgan fingerprint density at radius 2 is 2.10 bits per heavy atom. The number of ether oxygens (including phenoxy) is 3. The van der Waals surface area contributed by atoms with Gasteiger partial charge in [-0.25, -0.2) is 9.18 Å². The number of halogens is 2. The maximum Gasteiger partial charge on any atom is 0.349 e. The minimum atomic E-state index is -1.14. The molecule has 0 saturated heterocycles. The molecule has 20 heavy (non-hydrogen) atoms. The van der Waals surface area contributed by atoms with Gasteiger partial charge in [-0.2, -0.15) is 0 Å². The zero-order valence-electron chi connectivity index (χ0n) is 11.6. The summed E-state index contributed by atoms with van der Waals surface area (Å²) in [7, 11) is 0. The molecular formula is C14H16BrFO4. The fourth-order valence-electron chi connectivity index (χ4n) is 1.85. The monoisotopic (exact) mass is 346 g/mol. The highest BCUT2D eigenvalue weighted by Gasteiger charge is 2.38. The standard InChI is InChI=1S/C14H16BrFO4/c1-4-5-6-18-9-7-8(16)11(15)12-10(9)13(17)20-14(2,3)19-12/h7H,4-6H2,1-3H3. The summed E-state index contributed by atoms with van der Waals surface area (Å²) in [5.41, 5.74) is 0.119. The van der Waals surface area contributed by atoms with E-state index in [1.807, 2.05) is 6.92 Å². The molecule has 0 unspecified atom stereocenters. The van der Waals surface area contributed by atoms with E-state index in [0.29, 0.717) is 6.61 Å². The van der Waals surface area contributed by atoms with Gasteiger partial charge < -0.3 is 14.2 Å².